The van der Waals surface area contributed by atoms with Crippen molar-refractivity contribution in [3.8, 4) is 16.2 Å². The number of ether oxygens (including phenoxy) is 1. The number of rotatable bonds is 8. The van der Waals surface area contributed by atoms with Gasteiger partial charge in [0.25, 0.3) is 10.0 Å². The van der Waals surface area contributed by atoms with Crippen LogP contribution in [0.1, 0.15) is 13.8 Å². The van der Waals surface area contributed by atoms with Crippen molar-refractivity contribution in [2.75, 3.05) is 13.7 Å². The Bertz CT molecular complexity index is 827. The number of hydrogen-bond acceptors (Lipinski definition) is 6. The van der Waals surface area contributed by atoms with Crippen molar-refractivity contribution < 1.29 is 27.9 Å². The van der Waals surface area contributed by atoms with E-state index in [2.05, 4.69) is 0 Å². The topological polar surface area (TPSA) is 93.1 Å². The first-order chi connectivity index (χ1) is 11.7. The highest BCUT2D eigenvalue weighted by Crippen LogP contribution is 2.33. The molecule has 7 nitrogen and oxygen atoms in total. The highest BCUT2D eigenvalue weighted by Gasteiger charge is 2.30. The van der Waals surface area contributed by atoms with Crippen LogP contribution in [0.3, 0.4) is 0 Å². The summed E-state index contributed by atoms with van der Waals surface area (Å²) in [5, 5.41) is 8.95. The van der Waals surface area contributed by atoms with E-state index >= 15 is 0 Å². The van der Waals surface area contributed by atoms with E-state index in [-0.39, 0.29) is 4.21 Å². The van der Waals surface area contributed by atoms with Crippen molar-refractivity contribution in [3.63, 3.8) is 0 Å². The molecule has 2 rings (SSSR count). The molecule has 0 saturated heterocycles. The van der Waals surface area contributed by atoms with E-state index in [4.69, 9.17) is 14.7 Å². The van der Waals surface area contributed by atoms with E-state index in [9.17, 15) is 13.2 Å². The van der Waals surface area contributed by atoms with Gasteiger partial charge in [0.05, 0.1) is 13.2 Å². The first-order valence-corrected chi connectivity index (χ1v) is 9.65. The molecule has 0 aliphatic heterocycles. The van der Waals surface area contributed by atoms with Gasteiger partial charge in [0.2, 0.25) is 0 Å². The molecule has 0 spiro atoms. The summed E-state index contributed by atoms with van der Waals surface area (Å²) in [5.41, 5.74) is 0.835. The number of carboxylic acids is 1. The molecule has 25 heavy (non-hydrogen) atoms. The molecule has 1 aromatic carbocycles. The van der Waals surface area contributed by atoms with Crippen molar-refractivity contribution in [1.29, 1.82) is 0 Å². The van der Waals surface area contributed by atoms with Gasteiger partial charge >= 0.3 is 5.97 Å². The van der Waals surface area contributed by atoms with Crippen LogP contribution in [0.2, 0.25) is 0 Å². The van der Waals surface area contributed by atoms with Crippen LogP contribution >= 0.6 is 11.3 Å². The Labute approximate surface area is 150 Å². The summed E-state index contributed by atoms with van der Waals surface area (Å²) < 4.78 is 31.0. The first kappa shape index (κ1) is 19.4. The van der Waals surface area contributed by atoms with Crippen LogP contribution in [0.25, 0.3) is 10.4 Å². The van der Waals surface area contributed by atoms with E-state index in [1.807, 2.05) is 12.1 Å². The number of aliphatic carboxylic acids is 1. The van der Waals surface area contributed by atoms with Crippen molar-refractivity contribution in [3.05, 3.63) is 36.4 Å². The van der Waals surface area contributed by atoms with E-state index in [0.29, 0.717) is 10.2 Å². The smallest absolute Gasteiger partial charge is 0.321 e. The van der Waals surface area contributed by atoms with Gasteiger partial charge in [-0.25, -0.2) is 8.42 Å². The molecule has 2 aromatic rings. The summed E-state index contributed by atoms with van der Waals surface area (Å²) in [7, 11) is -2.50. The van der Waals surface area contributed by atoms with Gasteiger partial charge in [-0.1, -0.05) is 4.47 Å². The molecule has 0 fully saturated rings. The van der Waals surface area contributed by atoms with Crippen LogP contribution in [0.5, 0.6) is 5.75 Å². The molecule has 0 saturated carbocycles. The number of carboxylic acid groups (broad SMARTS) is 1. The number of thiophene rings is 1. The molecule has 1 heterocycles. The normalized spacial score (nSPS) is 11.9. The second kappa shape index (κ2) is 7.96. The molecule has 9 heteroatoms. The average molecular weight is 385 g/mol. The highest BCUT2D eigenvalue weighted by atomic mass is 32.2. The van der Waals surface area contributed by atoms with E-state index in [0.717, 1.165) is 21.8 Å². The second-order valence-corrected chi connectivity index (χ2v) is 8.50. The fourth-order valence-corrected chi connectivity index (χ4v) is 4.68. The van der Waals surface area contributed by atoms with Crippen LogP contribution in [0.15, 0.2) is 40.6 Å². The minimum atomic E-state index is -4.07. The third-order valence-electron chi connectivity index (χ3n) is 3.07. The Morgan fingerprint density at radius 3 is 2.36 bits per heavy atom. The zero-order valence-corrected chi connectivity index (χ0v) is 15.6. The molecule has 0 bridgehead atoms. The fraction of sp³-hybridized carbons (Fsp3) is 0.312. The van der Waals surface area contributed by atoms with Crippen LogP contribution < -0.4 is 4.74 Å². The average Bonchev–Trinajstić information content (AvgIpc) is 3.04. The third kappa shape index (κ3) is 4.79. The van der Waals surface area contributed by atoms with Gasteiger partial charge in [0, 0.05) is 4.88 Å². The molecule has 0 aliphatic rings. The van der Waals surface area contributed by atoms with Crippen molar-refractivity contribution in [2.45, 2.75) is 24.2 Å². The van der Waals surface area contributed by atoms with Gasteiger partial charge in [0.15, 0.2) is 0 Å². The van der Waals surface area contributed by atoms with Gasteiger partial charge < -0.3 is 9.84 Å². The van der Waals surface area contributed by atoms with Crippen LogP contribution in [0.4, 0.5) is 0 Å². The molecule has 0 amide bonds. The second-order valence-electron chi connectivity index (χ2n) is 5.36. The maximum Gasteiger partial charge on any atom is 0.321 e. The maximum atomic E-state index is 12.7. The minimum Gasteiger partial charge on any atom is -0.497 e. The Kier molecular flexibility index (Phi) is 6.17. The zero-order valence-electron chi connectivity index (χ0n) is 14.0. The monoisotopic (exact) mass is 385 g/mol. The molecule has 0 radical (unpaired) electrons. The van der Waals surface area contributed by atoms with E-state index < -0.39 is 28.6 Å². The number of sulfonamides is 1. The summed E-state index contributed by atoms with van der Waals surface area (Å²) in [5.74, 6) is -0.595. The van der Waals surface area contributed by atoms with Crippen molar-refractivity contribution in [2.24, 2.45) is 0 Å². The van der Waals surface area contributed by atoms with Gasteiger partial charge in [-0.2, -0.15) is 0 Å². The number of hydroxylamine groups is 1. The van der Waals surface area contributed by atoms with Crippen molar-refractivity contribution in [1.82, 2.24) is 4.47 Å². The van der Waals surface area contributed by atoms with Crippen LogP contribution in [-0.4, -0.2) is 43.7 Å². The summed E-state index contributed by atoms with van der Waals surface area (Å²) in [6, 6.07) is 10.3. The predicted molar refractivity (Wildman–Crippen MR) is 94.1 cm³/mol. The standard InChI is InChI=1S/C16H19NO6S2/c1-11(2)23-17(10-15(18)19)25(20,21)16-9-8-14(24-16)12-4-6-13(22-3)7-5-12/h4-9,11H,10H2,1-3H3,(H,18,19). The number of carbonyl (C=O) groups is 1. The molecular weight excluding hydrogens is 366 g/mol. The lowest BCUT2D eigenvalue weighted by molar-refractivity contribution is -0.156. The quantitative estimate of drug-likeness (QED) is 0.703. The molecule has 136 valence electrons. The first-order valence-electron chi connectivity index (χ1n) is 7.39. The molecule has 1 N–H and O–H groups in total. The number of methoxy groups -OCH3 is 1. The Hall–Kier alpha value is -1.94. The summed E-state index contributed by atoms with van der Waals surface area (Å²) >= 11 is 1.05. The summed E-state index contributed by atoms with van der Waals surface area (Å²) in [4.78, 5) is 16.9. The molecule has 0 atom stereocenters. The number of benzene rings is 1. The lowest BCUT2D eigenvalue weighted by Gasteiger charge is -2.21. The Morgan fingerprint density at radius 1 is 1.20 bits per heavy atom. The lowest BCUT2D eigenvalue weighted by atomic mass is 10.2. The van der Waals surface area contributed by atoms with Gasteiger partial charge in [0.1, 0.15) is 16.5 Å². The summed E-state index contributed by atoms with van der Waals surface area (Å²) in [6.45, 7) is 2.49. The summed E-state index contributed by atoms with van der Waals surface area (Å²) in [6.07, 6.45) is -0.477. The Balaban J connectivity index is 2.32. The number of nitrogens with zero attached hydrogens (tertiary/aromatic N) is 1. The largest absolute Gasteiger partial charge is 0.497 e. The molecule has 0 unspecified atom stereocenters. The van der Waals surface area contributed by atoms with Crippen LogP contribution in [-0.2, 0) is 19.7 Å². The number of hydrogen-bond donors (Lipinski definition) is 1. The van der Waals surface area contributed by atoms with Crippen molar-refractivity contribution >= 4 is 27.3 Å². The maximum absolute atomic E-state index is 12.7. The fourth-order valence-electron chi connectivity index (χ4n) is 1.99. The SMILES string of the molecule is COc1ccc(-c2ccc(S(=O)(=O)N(CC(=O)O)OC(C)C)s2)cc1. The minimum absolute atomic E-state index is 0.0141. The molecular formula is C16H19NO6S2. The molecule has 0 aliphatic carbocycles. The van der Waals surface area contributed by atoms with Gasteiger partial charge in [-0.05, 0) is 55.8 Å². The third-order valence-corrected chi connectivity index (χ3v) is 6.28. The van der Waals surface area contributed by atoms with E-state index in [1.54, 1.807) is 39.2 Å². The Morgan fingerprint density at radius 2 is 1.84 bits per heavy atom. The molecule has 1 aromatic heterocycles. The van der Waals surface area contributed by atoms with E-state index in [1.165, 1.54) is 6.07 Å². The lowest BCUT2D eigenvalue weighted by Crippen LogP contribution is -2.37. The van der Waals surface area contributed by atoms with Gasteiger partial charge in [-0.15, -0.1) is 11.3 Å². The zero-order chi connectivity index (χ0) is 18.6. The van der Waals surface area contributed by atoms with Crippen LogP contribution in [0, 0.1) is 0 Å². The predicted octanol–water partition coefficient (Wildman–Crippen LogP) is 2.84. The highest BCUT2D eigenvalue weighted by molar-refractivity contribution is 7.91. The van der Waals surface area contributed by atoms with Gasteiger partial charge in [-0.3, -0.25) is 9.63 Å².